The topological polar surface area (TPSA) is 320 Å². The van der Waals surface area contributed by atoms with Crippen molar-refractivity contribution in [3.05, 3.63) is 54.6 Å². The van der Waals surface area contributed by atoms with Crippen LogP contribution < -0.4 is 26.6 Å². The number of hydrogen-bond donors (Lipinski definition) is 9. The van der Waals surface area contributed by atoms with Crippen molar-refractivity contribution < 1.29 is 58.4 Å². The summed E-state index contributed by atoms with van der Waals surface area (Å²) in [6, 6.07) is 3.20. The van der Waals surface area contributed by atoms with Gasteiger partial charge in [0.25, 0.3) is 0 Å². The predicted molar refractivity (Wildman–Crippen MR) is 249 cm³/mol. The van der Waals surface area contributed by atoms with Crippen LogP contribution in [0, 0.1) is 17.3 Å². The molecule has 23 heteroatoms. The van der Waals surface area contributed by atoms with Gasteiger partial charge in [0.05, 0.1) is 24.9 Å². The molecular formula is C46H65N11O12. The number of nitrogens with one attached hydrogen (secondary N) is 6. The normalized spacial score (nSPS) is 22.2. The summed E-state index contributed by atoms with van der Waals surface area (Å²) >= 11 is 0. The van der Waals surface area contributed by atoms with Crippen molar-refractivity contribution in [2.75, 3.05) is 37.4 Å². The van der Waals surface area contributed by atoms with Crippen LogP contribution in [0.5, 0.6) is 0 Å². The maximum absolute atomic E-state index is 13.3. The van der Waals surface area contributed by atoms with Crippen LogP contribution in [-0.2, 0) is 44.8 Å². The zero-order chi connectivity index (χ0) is 50.6. The zero-order valence-corrected chi connectivity index (χ0v) is 39.9. The van der Waals surface area contributed by atoms with E-state index < -0.39 is 90.3 Å². The zero-order valence-electron chi connectivity index (χ0n) is 39.9. The number of likely N-dealkylation sites (tertiary alicyclic amines) is 1. The monoisotopic (exact) mass is 963 g/mol. The molecule has 7 amide bonds. The first-order valence-electron chi connectivity index (χ1n) is 23.0. The van der Waals surface area contributed by atoms with Gasteiger partial charge in [-0.2, -0.15) is 0 Å². The van der Waals surface area contributed by atoms with Gasteiger partial charge in [0.15, 0.2) is 17.7 Å². The smallest absolute Gasteiger partial charge is 0.409 e. The maximum atomic E-state index is 13.3. The highest BCUT2D eigenvalue weighted by Gasteiger charge is 2.48. The van der Waals surface area contributed by atoms with E-state index in [2.05, 4.69) is 46.5 Å². The minimum Gasteiger partial charge on any atom is -0.445 e. The standard InChI is InChI=1S/C46H65N11O12/c1-8-10-17-46(6,9-2)29-20-33(61)57(44(29)66)19-16-32(60)53-34(25(3)4)42(65)51-26(5)41(64)52-28-13-11-27(12-14-28)22-68-45(67)56(7)18-15-31(59)54-35-30(21-58)69-43(38(63)37(35)62)55-40-36-39(48-23-47-36)49-24-50-40/h8,10-14,23-26,29-30,34-35,37-38,43,58,62-63H,9,15-22H2,1-7H3,(H,51,65)(H,52,64)(H,53,60)(H,54,59)(H2,47,48,49,50,55)/b10-8-/t26-,29?,30-,34-,35-,37+,38-,43-,46?/m0/s1. The number of nitrogens with zero attached hydrogens (tertiary/aromatic N) is 5. The third kappa shape index (κ3) is 13.6. The lowest BCUT2D eigenvalue weighted by atomic mass is 9.71. The first-order chi connectivity index (χ1) is 32.8. The molecule has 1 aromatic carbocycles. The van der Waals surface area contributed by atoms with Crippen molar-refractivity contribution in [1.29, 1.82) is 0 Å². The van der Waals surface area contributed by atoms with E-state index in [1.807, 2.05) is 32.9 Å². The van der Waals surface area contributed by atoms with E-state index in [-0.39, 0.29) is 62.5 Å². The summed E-state index contributed by atoms with van der Waals surface area (Å²) in [5.74, 6) is -3.48. The highest BCUT2D eigenvalue weighted by atomic mass is 16.6. The first-order valence-corrected chi connectivity index (χ1v) is 23.0. The average Bonchev–Trinajstić information content (AvgIpc) is 3.94. The number of carbonyl (C=O) groups is 7. The number of allylic oxidation sites excluding steroid dienone is 2. The lowest BCUT2D eigenvalue weighted by Gasteiger charge is -2.42. The van der Waals surface area contributed by atoms with Gasteiger partial charge >= 0.3 is 6.09 Å². The molecule has 0 spiro atoms. The third-order valence-electron chi connectivity index (χ3n) is 12.6. The number of benzene rings is 1. The fraction of sp³-hybridized carbons (Fsp3) is 0.565. The Labute approximate surface area is 399 Å². The van der Waals surface area contributed by atoms with Gasteiger partial charge in [-0.25, -0.2) is 19.7 Å². The predicted octanol–water partition coefficient (Wildman–Crippen LogP) is 1.08. The quantitative estimate of drug-likeness (QED) is 0.0503. The van der Waals surface area contributed by atoms with E-state index in [1.165, 1.54) is 31.5 Å². The van der Waals surface area contributed by atoms with Crippen LogP contribution >= 0.6 is 0 Å². The molecular weight excluding hydrogens is 899 g/mol. The summed E-state index contributed by atoms with van der Waals surface area (Å²) in [6.07, 6.45) is 1.42. The van der Waals surface area contributed by atoms with Crippen molar-refractivity contribution in [2.45, 2.75) is 123 Å². The van der Waals surface area contributed by atoms with E-state index >= 15 is 0 Å². The lowest BCUT2D eigenvalue weighted by molar-refractivity contribution is -0.185. The first kappa shape index (κ1) is 53.4. The molecule has 2 fully saturated rings. The molecule has 2 aromatic heterocycles. The van der Waals surface area contributed by atoms with Crippen molar-refractivity contribution in [3.8, 4) is 0 Å². The van der Waals surface area contributed by atoms with Crippen LogP contribution in [0.4, 0.5) is 16.3 Å². The second-order valence-corrected chi connectivity index (χ2v) is 17.9. The molecule has 2 aliphatic heterocycles. The highest BCUT2D eigenvalue weighted by molar-refractivity contribution is 6.04. The number of aliphatic hydroxyl groups excluding tert-OH is 3. The molecule has 5 rings (SSSR count). The number of ether oxygens (including phenoxy) is 2. The number of H-pyrrole nitrogens is 1. The van der Waals surface area contributed by atoms with E-state index in [4.69, 9.17) is 9.47 Å². The Morgan fingerprint density at radius 1 is 1.01 bits per heavy atom. The number of anilines is 2. The van der Waals surface area contributed by atoms with Crippen molar-refractivity contribution >= 4 is 64.2 Å². The molecule has 0 aliphatic carbocycles. The van der Waals surface area contributed by atoms with E-state index in [0.29, 0.717) is 35.3 Å². The van der Waals surface area contributed by atoms with Crippen LogP contribution in [0.1, 0.15) is 79.2 Å². The van der Waals surface area contributed by atoms with Crippen molar-refractivity contribution in [2.24, 2.45) is 17.3 Å². The number of imide groups is 1. The highest BCUT2D eigenvalue weighted by Crippen LogP contribution is 2.42. The number of imidazole rings is 1. The number of aromatic nitrogens is 4. The van der Waals surface area contributed by atoms with Gasteiger partial charge in [-0.15, -0.1) is 0 Å². The Morgan fingerprint density at radius 3 is 2.41 bits per heavy atom. The second-order valence-electron chi connectivity index (χ2n) is 17.9. The minimum absolute atomic E-state index is 0.0807. The molecule has 2 aliphatic rings. The number of amides is 7. The van der Waals surface area contributed by atoms with Crippen LogP contribution in [0.25, 0.3) is 11.2 Å². The summed E-state index contributed by atoms with van der Waals surface area (Å²) in [5, 5.41) is 45.2. The Hall–Kier alpha value is -6.56. The van der Waals surface area contributed by atoms with E-state index in [0.717, 1.165) is 4.90 Å². The number of aromatic amines is 1. The molecule has 0 radical (unpaired) electrons. The molecule has 376 valence electrons. The van der Waals surface area contributed by atoms with E-state index in [9.17, 15) is 48.9 Å². The van der Waals surface area contributed by atoms with Gasteiger partial charge in [0.2, 0.25) is 35.4 Å². The Balaban J connectivity index is 1.01. The lowest BCUT2D eigenvalue weighted by Crippen LogP contribution is -2.65. The SMILES string of the molecule is C/C=C\CC(C)(CC)C1CC(=O)N(CCC(=O)N[C@H](C(=O)N[C@@H](C)C(=O)Nc2ccc(COC(=O)N(C)CCC(=O)N[C@@H]3[C@@H](O)[C@H](O)[C@@H](Nc4ncnc5nc[nH]c45)O[C@H]3CO)cc2)C(C)C)C1=O. The van der Waals surface area contributed by atoms with Crippen LogP contribution in [0.15, 0.2) is 49.1 Å². The number of aliphatic hydroxyl groups is 3. The molecule has 3 aromatic rings. The second kappa shape index (κ2) is 24.1. The summed E-state index contributed by atoms with van der Waals surface area (Å²) in [5.41, 5.74) is 1.35. The number of carbonyl (C=O) groups excluding carboxylic acids is 7. The largest absolute Gasteiger partial charge is 0.445 e. The Morgan fingerprint density at radius 2 is 1.74 bits per heavy atom. The van der Waals surface area contributed by atoms with Gasteiger partial charge in [-0.1, -0.05) is 52.0 Å². The average molecular weight is 964 g/mol. The molecule has 69 heavy (non-hydrogen) atoms. The van der Waals surface area contributed by atoms with Gasteiger partial charge < -0.3 is 61.3 Å². The number of rotatable bonds is 22. The fourth-order valence-electron chi connectivity index (χ4n) is 7.98. The van der Waals surface area contributed by atoms with Crippen molar-refractivity contribution in [3.63, 3.8) is 0 Å². The van der Waals surface area contributed by atoms with Gasteiger partial charge in [0, 0.05) is 45.1 Å². The summed E-state index contributed by atoms with van der Waals surface area (Å²) in [6.45, 7) is 9.90. The summed E-state index contributed by atoms with van der Waals surface area (Å²) < 4.78 is 11.2. The minimum atomic E-state index is -1.56. The summed E-state index contributed by atoms with van der Waals surface area (Å²) in [7, 11) is 1.43. The van der Waals surface area contributed by atoms with Crippen LogP contribution in [-0.4, -0.2) is 156 Å². The number of hydrogen-bond acceptors (Lipinski definition) is 16. The van der Waals surface area contributed by atoms with Gasteiger partial charge in [0.1, 0.15) is 48.8 Å². The number of fused-ring (bicyclic) bond motifs is 1. The molecule has 2 unspecified atom stereocenters. The maximum Gasteiger partial charge on any atom is 0.409 e. The molecule has 0 bridgehead atoms. The molecule has 2 saturated heterocycles. The Bertz CT molecular complexity index is 2320. The third-order valence-corrected chi connectivity index (χ3v) is 12.6. The Kier molecular flexibility index (Phi) is 18.7. The molecule has 4 heterocycles. The molecule has 23 nitrogen and oxygen atoms in total. The van der Waals surface area contributed by atoms with Gasteiger partial charge in [-0.05, 0) is 55.7 Å². The molecule has 9 N–H and O–H groups in total. The van der Waals surface area contributed by atoms with Gasteiger partial charge in [-0.3, -0.25) is 33.7 Å². The molecule has 9 atom stereocenters. The van der Waals surface area contributed by atoms with Crippen molar-refractivity contribution in [1.82, 2.24) is 45.7 Å². The molecule has 0 saturated carbocycles. The van der Waals surface area contributed by atoms with Crippen LogP contribution in [0.2, 0.25) is 0 Å². The van der Waals surface area contributed by atoms with E-state index in [1.54, 1.807) is 38.1 Å². The summed E-state index contributed by atoms with van der Waals surface area (Å²) in [4.78, 5) is 109. The fourth-order valence-corrected chi connectivity index (χ4v) is 7.98. The van der Waals surface area contributed by atoms with Crippen LogP contribution in [0.3, 0.4) is 0 Å².